The van der Waals surface area contributed by atoms with Gasteiger partial charge in [0.2, 0.25) is 13.6 Å². The summed E-state index contributed by atoms with van der Waals surface area (Å²) in [5.74, 6) is 0.866. The lowest BCUT2D eigenvalue weighted by Crippen LogP contribution is -2.53. The van der Waals surface area contributed by atoms with Crippen LogP contribution >= 0.6 is 11.6 Å². The molecule has 3 rings (SSSR count). The van der Waals surface area contributed by atoms with Crippen LogP contribution in [0.2, 0.25) is 21.9 Å². The molecule has 0 saturated carbocycles. The van der Waals surface area contributed by atoms with Crippen LogP contribution in [0.15, 0.2) is 0 Å². The topological polar surface area (TPSA) is 108 Å². The third-order valence-electron chi connectivity index (χ3n) is 6.47. The Balaban J connectivity index is 2.14. The smallest absolute Gasteiger partial charge is 0.226 e. The van der Waals surface area contributed by atoms with E-state index in [0.717, 1.165) is 0 Å². The average Bonchev–Trinajstić information content (AvgIpc) is 3.08. The molecule has 1 fully saturated rings. The van der Waals surface area contributed by atoms with E-state index in [1.807, 2.05) is 18.4 Å². The van der Waals surface area contributed by atoms with Crippen LogP contribution in [-0.2, 0) is 9.16 Å². The molecule has 1 aliphatic heterocycles. The van der Waals surface area contributed by atoms with Gasteiger partial charge in [0.1, 0.15) is 18.0 Å². The van der Waals surface area contributed by atoms with E-state index >= 15 is 0 Å². The molecule has 4 atom stereocenters. The van der Waals surface area contributed by atoms with E-state index in [-0.39, 0.29) is 11.1 Å². The summed E-state index contributed by atoms with van der Waals surface area (Å²) in [7, 11) is -2.28. The molecule has 0 unspecified atom stereocenters. The Kier molecular flexibility index (Phi) is 6.51. The van der Waals surface area contributed by atoms with Gasteiger partial charge in [0.05, 0.1) is 6.10 Å². The SMILES string of the molecule is Cc1nc2c(N)nc(Cl)nc2n1[C@@H]1O[C@H](C)[C@@H](O)[C@H]1O[Si](C(C)C)(C(C)C)C(C)C. The molecule has 0 aromatic carbocycles. The maximum atomic E-state index is 11.1. The molecular weight excluding hydrogens is 422 g/mol. The van der Waals surface area contributed by atoms with E-state index in [9.17, 15) is 5.11 Å². The Morgan fingerprint density at radius 1 is 1.10 bits per heavy atom. The number of nitrogens with zero attached hydrogens (tertiary/aromatic N) is 4. The van der Waals surface area contributed by atoms with E-state index < -0.39 is 32.9 Å². The molecule has 0 bridgehead atoms. The van der Waals surface area contributed by atoms with Gasteiger partial charge in [-0.2, -0.15) is 9.97 Å². The van der Waals surface area contributed by atoms with Crippen molar-refractivity contribution in [3.05, 3.63) is 11.1 Å². The summed E-state index contributed by atoms with van der Waals surface area (Å²) in [5.41, 5.74) is 8.08. The van der Waals surface area contributed by atoms with Crippen molar-refractivity contribution in [3.63, 3.8) is 0 Å². The first-order valence-electron chi connectivity index (χ1n) is 10.6. The zero-order valence-corrected chi connectivity index (χ0v) is 20.8. The molecule has 2 aromatic heterocycles. The zero-order valence-electron chi connectivity index (χ0n) is 19.0. The number of hydrogen-bond acceptors (Lipinski definition) is 7. The number of aliphatic hydroxyl groups is 1. The second kappa shape index (κ2) is 8.35. The Hall–Kier alpha value is -1.26. The van der Waals surface area contributed by atoms with Crippen molar-refractivity contribution in [1.29, 1.82) is 0 Å². The average molecular weight is 456 g/mol. The molecule has 8 nitrogen and oxygen atoms in total. The van der Waals surface area contributed by atoms with Gasteiger partial charge in [0, 0.05) is 0 Å². The molecule has 30 heavy (non-hydrogen) atoms. The lowest BCUT2D eigenvalue weighted by Gasteiger charge is -2.45. The fourth-order valence-corrected chi connectivity index (χ4v) is 10.9. The number of nitrogens with two attached hydrogens (primary N) is 1. The van der Waals surface area contributed by atoms with Crippen LogP contribution in [0.5, 0.6) is 0 Å². The first kappa shape index (κ1) is 23.4. The standard InChI is InChI=1S/C20H34ClN5O3Si/c1-9(2)30(10(3)4,11(5)6)29-16-15(27)12(7)28-19(16)26-13(8)23-14-17(22)24-20(21)25-18(14)26/h9-12,15-16,19,27H,1-8H3,(H2,22,24,25)/t12-,15-,16-,19-/m1/s1. The molecule has 2 aromatic rings. The number of nitrogen functional groups attached to an aromatic ring is 1. The van der Waals surface area contributed by atoms with E-state index in [1.165, 1.54) is 0 Å². The van der Waals surface area contributed by atoms with Crippen molar-refractivity contribution in [2.45, 2.75) is 96.6 Å². The molecule has 10 heteroatoms. The van der Waals surface area contributed by atoms with Crippen molar-refractivity contribution in [2.24, 2.45) is 0 Å². The van der Waals surface area contributed by atoms with Crippen molar-refractivity contribution in [1.82, 2.24) is 19.5 Å². The summed E-state index contributed by atoms with van der Waals surface area (Å²) in [5, 5.41) is 11.1. The molecule has 0 amide bonds. The quantitative estimate of drug-likeness (QED) is 0.496. The first-order chi connectivity index (χ1) is 13.9. The highest BCUT2D eigenvalue weighted by Gasteiger charge is 2.53. The maximum Gasteiger partial charge on any atom is 0.226 e. The van der Waals surface area contributed by atoms with Crippen LogP contribution < -0.4 is 5.73 Å². The lowest BCUT2D eigenvalue weighted by atomic mass is 10.1. The molecule has 1 saturated heterocycles. The van der Waals surface area contributed by atoms with Gasteiger partial charge in [-0.05, 0) is 42.1 Å². The minimum atomic E-state index is -2.28. The second-order valence-electron chi connectivity index (χ2n) is 9.20. The van der Waals surface area contributed by atoms with Crippen LogP contribution in [0, 0.1) is 6.92 Å². The molecule has 1 aliphatic rings. The summed E-state index contributed by atoms with van der Waals surface area (Å²) in [6.07, 6.45) is -2.31. The minimum Gasteiger partial charge on any atom is -0.406 e. The molecule has 0 radical (unpaired) electrons. The van der Waals surface area contributed by atoms with Crippen LogP contribution in [0.25, 0.3) is 11.2 Å². The van der Waals surface area contributed by atoms with E-state index in [1.54, 1.807) is 0 Å². The first-order valence-corrected chi connectivity index (χ1v) is 13.1. The fourth-order valence-electron chi connectivity index (χ4n) is 5.17. The lowest BCUT2D eigenvalue weighted by molar-refractivity contribution is -0.0280. The molecule has 3 N–H and O–H groups in total. The van der Waals surface area contributed by atoms with Gasteiger partial charge >= 0.3 is 0 Å². The van der Waals surface area contributed by atoms with Gasteiger partial charge in [-0.15, -0.1) is 0 Å². The van der Waals surface area contributed by atoms with Crippen LogP contribution in [0.1, 0.15) is 60.5 Å². The number of halogens is 1. The fraction of sp³-hybridized carbons (Fsp3) is 0.750. The van der Waals surface area contributed by atoms with Crippen molar-refractivity contribution in [3.8, 4) is 0 Å². The predicted molar refractivity (Wildman–Crippen MR) is 121 cm³/mol. The zero-order chi connectivity index (χ0) is 22.5. The summed E-state index contributed by atoms with van der Waals surface area (Å²) in [6.45, 7) is 17.0. The summed E-state index contributed by atoms with van der Waals surface area (Å²) in [4.78, 5) is 12.9. The van der Waals surface area contributed by atoms with Crippen LogP contribution in [0.4, 0.5) is 5.82 Å². The number of anilines is 1. The van der Waals surface area contributed by atoms with Gasteiger partial charge in [-0.25, -0.2) is 4.98 Å². The molecule has 168 valence electrons. The van der Waals surface area contributed by atoms with Gasteiger partial charge in [-0.1, -0.05) is 41.5 Å². The highest BCUT2D eigenvalue weighted by Crippen LogP contribution is 2.46. The van der Waals surface area contributed by atoms with Crippen molar-refractivity contribution < 1.29 is 14.3 Å². The van der Waals surface area contributed by atoms with Crippen molar-refractivity contribution >= 4 is 36.9 Å². The van der Waals surface area contributed by atoms with E-state index in [4.69, 9.17) is 26.5 Å². The number of rotatable bonds is 6. The van der Waals surface area contributed by atoms with Crippen LogP contribution in [-0.4, -0.2) is 51.3 Å². The van der Waals surface area contributed by atoms with E-state index in [0.29, 0.717) is 33.6 Å². The normalized spacial score (nSPS) is 25.4. The predicted octanol–water partition coefficient (Wildman–Crippen LogP) is 4.21. The number of ether oxygens (including phenoxy) is 1. The largest absolute Gasteiger partial charge is 0.406 e. The second-order valence-corrected chi connectivity index (χ2v) is 14.9. The highest BCUT2D eigenvalue weighted by molar-refractivity contribution is 6.77. The van der Waals surface area contributed by atoms with Gasteiger partial charge in [0.15, 0.2) is 23.2 Å². The molecule has 0 spiro atoms. The minimum absolute atomic E-state index is 0.0421. The van der Waals surface area contributed by atoms with Crippen LogP contribution in [0.3, 0.4) is 0 Å². The van der Waals surface area contributed by atoms with Gasteiger partial charge < -0.3 is 20.0 Å². The summed E-state index contributed by atoms with van der Waals surface area (Å²) < 4.78 is 15.0. The number of aryl methyl sites for hydroxylation is 1. The number of imidazole rings is 1. The molecular formula is C20H34ClN5O3Si. The Bertz CT molecular complexity index is 898. The maximum absolute atomic E-state index is 11.1. The Morgan fingerprint density at radius 3 is 2.20 bits per heavy atom. The third-order valence-corrected chi connectivity index (χ3v) is 12.7. The molecule has 0 aliphatic carbocycles. The Morgan fingerprint density at radius 2 is 1.67 bits per heavy atom. The highest BCUT2D eigenvalue weighted by atomic mass is 35.5. The van der Waals surface area contributed by atoms with Gasteiger partial charge in [0.25, 0.3) is 0 Å². The Labute approximate surface area is 184 Å². The number of aromatic nitrogens is 4. The van der Waals surface area contributed by atoms with Gasteiger partial charge in [-0.3, -0.25) is 4.57 Å². The van der Waals surface area contributed by atoms with Crippen molar-refractivity contribution in [2.75, 3.05) is 5.73 Å². The number of hydrogen-bond donors (Lipinski definition) is 2. The third kappa shape index (κ3) is 3.64. The monoisotopic (exact) mass is 455 g/mol. The van der Waals surface area contributed by atoms with E-state index in [2.05, 4.69) is 56.5 Å². The molecule has 3 heterocycles. The number of fused-ring (bicyclic) bond motifs is 1. The number of aliphatic hydroxyl groups excluding tert-OH is 1. The summed E-state index contributed by atoms with van der Waals surface area (Å²) >= 11 is 6.08. The summed E-state index contributed by atoms with van der Waals surface area (Å²) in [6, 6.07) is 0.